The quantitative estimate of drug-likeness (QED) is 0.877. The molecule has 3 unspecified atom stereocenters. The maximum atomic E-state index is 12.3. The second-order valence-electron chi connectivity index (χ2n) is 6.27. The van der Waals surface area contributed by atoms with Gasteiger partial charge in [-0.2, -0.15) is 0 Å². The van der Waals surface area contributed by atoms with Crippen LogP contribution in [0.15, 0.2) is 30.3 Å². The normalized spacial score (nSPS) is 27.3. The Morgan fingerprint density at radius 3 is 2.53 bits per heavy atom. The van der Waals surface area contributed by atoms with Crippen LogP contribution in [0.2, 0.25) is 0 Å². The van der Waals surface area contributed by atoms with Crippen molar-refractivity contribution in [1.29, 1.82) is 0 Å². The molecule has 0 heterocycles. The first kappa shape index (κ1) is 14.1. The molecule has 1 aromatic carbocycles. The van der Waals surface area contributed by atoms with Crippen molar-refractivity contribution in [1.82, 2.24) is 5.32 Å². The average molecular weight is 259 g/mol. The van der Waals surface area contributed by atoms with E-state index in [4.69, 9.17) is 0 Å². The van der Waals surface area contributed by atoms with Gasteiger partial charge in [-0.3, -0.25) is 4.79 Å². The van der Waals surface area contributed by atoms with Gasteiger partial charge in [-0.1, -0.05) is 45.4 Å². The fraction of sp³-hybridized carbons (Fsp3) is 0.588. The molecule has 1 aliphatic rings. The zero-order valence-corrected chi connectivity index (χ0v) is 12.2. The highest BCUT2D eigenvalue weighted by Gasteiger charge is 2.31. The van der Waals surface area contributed by atoms with Gasteiger partial charge < -0.3 is 5.32 Å². The second kappa shape index (κ2) is 6.23. The van der Waals surface area contributed by atoms with Crippen molar-refractivity contribution >= 4 is 5.91 Å². The van der Waals surface area contributed by atoms with Gasteiger partial charge in [-0.25, -0.2) is 0 Å². The standard InChI is InChI=1S/C17H25NO/c1-12(2)15-10-9-13(3)11-16(15)18-17(19)14-7-5-4-6-8-14/h4-8,12-13,15-16H,9-11H2,1-3H3,(H,18,19). The highest BCUT2D eigenvalue weighted by Crippen LogP contribution is 2.33. The van der Waals surface area contributed by atoms with Gasteiger partial charge in [0.25, 0.3) is 5.91 Å². The Hall–Kier alpha value is -1.31. The van der Waals surface area contributed by atoms with Crippen molar-refractivity contribution in [3.63, 3.8) is 0 Å². The molecule has 2 rings (SSSR count). The fourth-order valence-electron chi connectivity index (χ4n) is 3.21. The van der Waals surface area contributed by atoms with E-state index in [2.05, 4.69) is 26.1 Å². The molecule has 1 amide bonds. The van der Waals surface area contributed by atoms with Crippen LogP contribution in [0.4, 0.5) is 0 Å². The first-order chi connectivity index (χ1) is 9.08. The van der Waals surface area contributed by atoms with Gasteiger partial charge in [0.15, 0.2) is 0 Å². The molecule has 0 saturated heterocycles. The molecule has 1 N–H and O–H groups in total. The molecule has 2 heteroatoms. The summed E-state index contributed by atoms with van der Waals surface area (Å²) in [4.78, 5) is 12.3. The number of benzene rings is 1. The molecular weight excluding hydrogens is 234 g/mol. The summed E-state index contributed by atoms with van der Waals surface area (Å²) in [5.41, 5.74) is 0.767. The third kappa shape index (κ3) is 3.59. The van der Waals surface area contributed by atoms with Crippen molar-refractivity contribution in [2.45, 2.75) is 46.1 Å². The van der Waals surface area contributed by atoms with Crippen LogP contribution >= 0.6 is 0 Å². The van der Waals surface area contributed by atoms with Crippen molar-refractivity contribution < 1.29 is 4.79 Å². The molecule has 3 atom stereocenters. The number of hydrogen-bond acceptors (Lipinski definition) is 1. The summed E-state index contributed by atoms with van der Waals surface area (Å²) in [6.07, 6.45) is 3.64. The zero-order valence-electron chi connectivity index (χ0n) is 12.2. The summed E-state index contributed by atoms with van der Waals surface area (Å²) >= 11 is 0. The van der Waals surface area contributed by atoms with Crippen molar-refractivity contribution in [2.75, 3.05) is 0 Å². The summed E-state index contributed by atoms with van der Waals surface area (Å²) in [7, 11) is 0. The lowest BCUT2D eigenvalue weighted by molar-refractivity contribution is 0.0868. The SMILES string of the molecule is CC1CCC(C(C)C)C(NC(=O)c2ccccc2)C1. The molecule has 0 spiro atoms. The molecular formula is C17H25NO. The van der Waals surface area contributed by atoms with Gasteiger partial charge in [0, 0.05) is 11.6 Å². The Balaban J connectivity index is 2.04. The molecule has 1 fully saturated rings. The van der Waals surface area contributed by atoms with Crippen LogP contribution in [0.25, 0.3) is 0 Å². The van der Waals surface area contributed by atoms with E-state index in [-0.39, 0.29) is 5.91 Å². The van der Waals surface area contributed by atoms with Crippen molar-refractivity contribution in [2.24, 2.45) is 17.8 Å². The highest BCUT2D eigenvalue weighted by molar-refractivity contribution is 5.94. The molecule has 0 aromatic heterocycles. The van der Waals surface area contributed by atoms with Crippen LogP contribution in [0.1, 0.15) is 50.4 Å². The lowest BCUT2D eigenvalue weighted by Crippen LogP contribution is -2.45. The monoisotopic (exact) mass is 259 g/mol. The van der Waals surface area contributed by atoms with Gasteiger partial charge >= 0.3 is 0 Å². The summed E-state index contributed by atoms with van der Waals surface area (Å²) < 4.78 is 0. The largest absolute Gasteiger partial charge is 0.349 e. The van der Waals surface area contributed by atoms with E-state index in [1.165, 1.54) is 12.8 Å². The molecule has 0 radical (unpaired) electrons. The number of carbonyl (C=O) groups excluding carboxylic acids is 1. The number of nitrogens with one attached hydrogen (secondary N) is 1. The number of rotatable bonds is 3. The lowest BCUT2D eigenvalue weighted by Gasteiger charge is -2.37. The third-order valence-electron chi connectivity index (χ3n) is 4.37. The number of amides is 1. The second-order valence-corrected chi connectivity index (χ2v) is 6.27. The molecule has 1 aromatic rings. The van der Waals surface area contributed by atoms with Gasteiger partial charge in [0.05, 0.1) is 0 Å². The van der Waals surface area contributed by atoms with Gasteiger partial charge in [0.2, 0.25) is 0 Å². The van der Waals surface area contributed by atoms with Gasteiger partial charge in [0.1, 0.15) is 0 Å². The first-order valence-electron chi connectivity index (χ1n) is 7.44. The minimum atomic E-state index is 0.0744. The maximum absolute atomic E-state index is 12.3. The Labute approximate surface area is 116 Å². The van der Waals surface area contributed by atoms with Crippen molar-refractivity contribution in [3.8, 4) is 0 Å². The summed E-state index contributed by atoms with van der Waals surface area (Å²) in [6.45, 7) is 6.82. The molecule has 1 saturated carbocycles. The minimum Gasteiger partial charge on any atom is -0.349 e. The van der Waals surface area contributed by atoms with Crippen LogP contribution in [-0.4, -0.2) is 11.9 Å². The van der Waals surface area contributed by atoms with Gasteiger partial charge in [-0.15, -0.1) is 0 Å². The Bertz CT molecular complexity index is 413. The van der Waals surface area contributed by atoms with E-state index < -0.39 is 0 Å². The topological polar surface area (TPSA) is 29.1 Å². The van der Waals surface area contributed by atoms with Crippen LogP contribution in [0, 0.1) is 17.8 Å². The van der Waals surface area contributed by atoms with E-state index in [0.717, 1.165) is 17.9 Å². The Morgan fingerprint density at radius 1 is 1.21 bits per heavy atom. The summed E-state index contributed by atoms with van der Waals surface area (Å²) in [6, 6.07) is 9.86. The average Bonchev–Trinajstić information content (AvgIpc) is 2.39. The highest BCUT2D eigenvalue weighted by atomic mass is 16.1. The van der Waals surface area contributed by atoms with Gasteiger partial charge in [-0.05, 0) is 42.7 Å². The molecule has 0 bridgehead atoms. The lowest BCUT2D eigenvalue weighted by atomic mass is 9.74. The number of hydrogen-bond donors (Lipinski definition) is 1. The fourth-order valence-corrected chi connectivity index (χ4v) is 3.21. The zero-order chi connectivity index (χ0) is 13.8. The van der Waals surface area contributed by atoms with Crippen molar-refractivity contribution in [3.05, 3.63) is 35.9 Å². The van der Waals surface area contributed by atoms with Crippen LogP contribution < -0.4 is 5.32 Å². The van der Waals surface area contributed by atoms with Crippen LogP contribution in [0.3, 0.4) is 0 Å². The summed E-state index contributed by atoms with van der Waals surface area (Å²) in [5.74, 6) is 2.04. The number of carbonyl (C=O) groups is 1. The van der Waals surface area contributed by atoms with Crippen LogP contribution in [-0.2, 0) is 0 Å². The Morgan fingerprint density at radius 2 is 1.89 bits per heavy atom. The van der Waals surface area contributed by atoms with E-state index in [0.29, 0.717) is 17.9 Å². The molecule has 104 valence electrons. The summed E-state index contributed by atoms with van der Waals surface area (Å²) in [5, 5.41) is 3.26. The third-order valence-corrected chi connectivity index (χ3v) is 4.37. The molecule has 19 heavy (non-hydrogen) atoms. The van der Waals surface area contributed by atoms with E-state index >= 15 is 0 Å². The predicted molar refractivity (Wildman–Crippen MR) is 79.0 cm³/mol. The van der Waals surface area contributed by atoms with E-state index in [1.54, 1.807) is 0 Å². The maximum Gasteiger partial charge on any atom is 0.251 e. The smallest absolute Gasteiger partial charge is 0.251 e. The molecule has 0 aliphatic heterocycles. The van der Waals surface area contributed by atoms with Crippen LogP contribution in [0.5, 0.6) is 0 Å². The first-order valence-corrected chi connectivity index (χ1v) is 7.44. The minimum absolute atomic E-state index is 0.0744. The van der Waals surface area contributed by atoms with E-state index in [1.807, 2.05) is 30.3 Å². The Kier molecular flexibility index (Phi) is 4.62. The molecule has 1 aliphatic carbocycles. The van der Waals surface area contributed by atoms with E-state index in [9.17, 15) is 4.79 Å². The molecule has 2 nitrogen and oxygen atoms in total. The predicted octanol–water partition coefficient (Wildman–Crippen LogP) is 3.88.